The fourth-order valence-corrected chi connectivity index (χ4v) is 4.22. The van der Waals surface area contributed by atoms with E-state index in [2.05, 4.69) is 4.90 Å². The molecule has 3 aromatic rings. The minimum atomic E-state index is -0.462. The molecule has 1 N–H and O–H groups in total. The van der Waals surface area contributed by atoms with E-state index in [1.54, 1.807) is 48.2 Å². The van der Waals surface area contributed by atoms with Crippen molar-refractivity contribution in [2.24, 2.45) is 0 Å². The van der Waals surface area contributed by atoms with Crippen molar-refractivity contribution < 1.29 is 19.1 Å². The summed E-state index contributed by atoms with van der Waals surface area (Å²) in [4.78, 5) is 28.6. The highest BCUT2D eigenvalue weighted by molar-refractivity contribution is 6.30. The second-order valence-electron chi connectivity index (χ2n) is 7.80. The summed E-state index contributed by atoms with van der Waals surface area (Å²) in [6.07, 6.45) is -0.309. The van der Waals surface area contributed by atoms with Crippen molar-refractivity contribution in [2.75, 3.05) is 32.8 Å². The molecule has 0 atom stereocenters. The van der Waals surface area contributed by atoms with Crippen LogP contribution in [0.5, 0.6) is 5.75 Å². The fourth-order valence-electron chi connectivity index (χ4n) is 4.09. The molecule has 2 heterocycles. The van der Waals surface area contributed by atoms with Gasteiger partial charge in [-0.15, -0.1) is 0 Å². The minimum absolute atomic E-state index is 0.0760. The summed E-state index contributed by atoms with van der Waals surface area (Å²) in [5.41, 5.74) is 2.48. The van der Waals surface area contributed by atoms with Gasteiger partial charge in [0, 0.05) is 43.1 Å². The number of carbonyl (C=O) groups excluding carboxylic acids is 1. The third kappa shape index (κ3) is 4.31. The van der Waals surface area contributed by atoms with Gasteiger partial charge in [-0.25, -0.2) is 9.59 Å². The van der Waals surface area contributed by atoms with Gasteiger partial charge in [-0.2, -0.15) is 0 Å². The van der Waals surface area contributed by atoms with Crippen LogP contribution in [0, 0.1) is 6.92 Å². The lowest BCUT2D eigenvalue weighted by atomic mass is 9.98. The third-order valence-electron chi connectivity index (χ3n) is 5.83. The van der Waals surface area contributed by atoms with E-state index in [9.17, 15) is 14.7 Å². The van der Waals surface area contributed by atoms with Gasteiger partial charge in [0.05, 0.1) is 17.7 Å². The van der Waals surface area contributed by atoms with Crippen molar-refractivity contribution in [3.05, 3.63) is 63.0 Å². The molecule has 8 heteroatoms. The molecule has 0 bridgehead atoms. The van der Waals surface area contributed by atoms with E-state index in [1.807, 2.05) is 6.92 Å². The first-order valence-corrected chi connectivity index (χ1v) is 10.9. The van der Waals surface area contributed by atoms with Crippen LogP contribution in [0.2, 0.25) is 5.02 Å². The van der Waals surface area contributed by atoms with Gasteiger partial charge in [-0.3, -0.25) is 4.90 Å². The summed E-state index contributed by atoms with van der Waals surface area (Å²) in [6, 6.07) is 10.4. The number of ether oxygens (including phenoxy) is 1. The highest BCUT2D eigenvalue weighted by atomic mass is 35.5. The number of hydrogen-bond acceptors (Lipinski definition) is 6. The Labute approximate surface area is 190 Å². The summed E-state index contributed by atoms with van der Waals surface area (Å²) < 4.78 is 10.8. The molecule has 32 heavy (non-hydrogen) atoms. The van der Waals surface area contributed by atoms with Gasteiger partial charge in [0.25, 0.3) is 0 Å². The second kappa shape index (κ2) is 9.22. The molecule has 0 aliphatic carbocycles. The second-order valence-corrected chi connectivity index (χ2v) is 8.23. The Balaban J connectivity index is 1.65. The Hall–Kier alpha value is -3.03. The first kappa shape index (κ1) is 22.2. The van der Waals surface area contributed by atoms with E-state index in [0.29, 0.717) is 61.1 Å². The quantitative estimate of drug-likeness (QED) is 0.586. The molecule has 1 aliphatic heterocycles. The summed E-state index contributed by atoms with van der Waals surface area (Å²) in [7, 11) is 0. The molecule has 1 aromatic heterocycles. The average Bonchev–Trinajstić information content (AvgIpc) is 2.78. The topological polar surface area (TPSA) is 83.2 Å². The van der Waals surface area contributed by atoms with Crippen LogP contribution in [0.1, 0.15) is 18.1 Å². The largest absolute Gasteiger partial charge is 0.507 e. The van der Waals surface area contributed by atoms with E-state index in [4.69, 9.17) is 20.8 Å². The molecule has 168 valence electrons. The highest BCUT2D eigenvalue weighted by Gasteiger charge is 2.24. The zero-order valence-corrected chi connectivity index (χ0v) is 18.8. The van der Waals surface area contributed by atoms with Gasteiger partial charge in [-0.1, -0.05) is 23.7 Å². The van der Waals surface area contributed by atoms with Gasteiger partial charge >= 0.3 is 11.7 Å². The molecule has 1 aliphatic rings. The summed E-state index contributed by atoms with van der Waals surface area (Å²) in [6.45, 7) is 6.74. The Kier molecular flexibility index (Phi) is 6.39. The molecule has 0 spiro atoms. The van der Waals surface area contributed by atoms with Crippen LogP contribution in [-0.4, -0.2) is 53.8 Å². The monoisotopic (exact) mass is 456 g/mol. The zero-order chi connectivity index (χ0) is 22.8. The number of nitrogens with zero attached hydrogens (tertiary/aromatic N) is 2. The van der Waals surface area contributed by atoms with Crippen LogP contribution in [0.3, 0.4) is 0 Å². The fraction of sp³-hybridized carbons (Fsp3) is 0.333. The predicted molar refractivity (Wildman–Crippen MR) is 123 cm³/mol. The van der Waals surface area contributed by atoms with Crippen molar-refractivity contribution in [1.82, 2.24) is 9.80 Å². The molecular weight excluding hydrogens is 432 g/mol. The van der Waals surface area contributed by atoms with Crippen molar-refractivity contribution in [3.8, 4) is 16.9 Å². The number of benzene rings is 2. The number of fused-ring (bicyclic) bond motifs is 1. The summed E-state index contributed by atoms with van der Waals surface area (Å²) >= 11 is 5.98. The maximum Gasteiger partial charge on any atom is 0.409 e. The molecule has 1 saturated heterocycles. The number of halogens is 1. The highest BCUT2D eigenvalue weighted by Crippen LogP contribution is 2.33. The summed E-state index contributed by atoms with van der Waals surface area (Å²) in [5, 5.41) is 11.9. The molecule has 0 radical (unpaired) electrons. The van der Waals surface area contributed by atoms with Crippen LogP contribution < -0.4 is 5.63 Å². The van der Waals surface area contributed by atoms with E-state index >= 15 is 0 Å². The van der Waals surface area contributed by atoms with Crippen molar-refractivity contribution >= 4 is 28.7 Å². The number of phenols is 1. The van der Waals surface area contributed by atoms with Crippen LogP contribution in [-0.2, 0) is 11.3 Å². The molecule has 7 nitrogen and oxygen atoms in total. The van der Waals surface area contributed by atoms with Crippen LogP contribution in [0.25, 0.3) is 22.1 Å². The van der Waals surface area contributed by atoms with Crippen LogP contribution >= 0.6 is 11.6 Å². The van der Waals surface area contributed by atoms with E-state index in [-0.39, 0.29) is 11.8 Å². The van der Waals surface area contributed by atoms with E-state index in [1.165, 1.54) is 0 Å². The molecule has 1 amide bonds. The van der Waals surface area contributed by atoms with Crippen molar-refractivity contribution in [1.29, 1.82) is 0 Å². The number of hydrogen-bond donors (Lipinski definition) is 1. The van der Waals surface area contributed by atoms with E-state index < -0.39 is 5.63 Å². The number of phenolic OH excluding ortho intramolecular Hbond substituents is 1. The minimum Gasteiger partial charge on any atom is -0.507 e. The maximum atomic E-state index is 12.9. The number of rotatable bonds is 4. The Morgan fingerprint density at radius 1 is 1.12 bits per heavy atom. The molecule has 0 unspecified atom stereocenters. The Morgan fingerprint density at radius 3 is 2.47 bits per heavy atom. The number of aryl methyl sites for hydroxylation is 1. The van der Waals surface area contributed by atoms with E-state index in [0.717, 1.165) is 16.5 Å². The summed E-state index contributed by atoms with van der Waals surface area (Å²) in [5.74, 6) is 0.0760. The molecule has 4 rings (SSSR count). The van der Waals surface area contributed by atoms with Gasteiger partial charge in [0.15, 0.2) is 0 Å². The maximum absolute atomic E-state index is 12.9. The average molecular weight is 457 g/mol. The van der Waals surface area contributed by atoms with Crippen LogP contribution in [0.4, 0.5) is 4.79 Å². The number of piperazine rings is 1. The van der Waals surface area contributed by atoms with Crippen LogP contribution in [0.15, 0.2) is 45.6 Å². The van der Waals surface area contributed by atoms with Gasteiger partial charge in [-0.05, 0) is 49.2 Å². The first-order chi connectivity index (χ1) is 15.4. The van der Waals surface area contributed by atoms with Crippen molar-refractivity contribution in [3.63, 3.8) is 0 Å². The number of carbonyl (C=O) groups is 1. The first-order valence-electron chi connectivity index (χ1n) is 10.6. The number of amides is 1. The molecule has 0 saturated carbocycles. The standard InChI is InChI=1S/C24H25ClN2O5/c1-3-31-24(30)27-12-10-26(11-13-27)14-19-20(28)9-8-18-15(2)21(23(29)32-22(18)19)16-4-6-17(25)7-5-16/h4-9,28H,3,10-14H2,1-2H3. The predicted octanol–water partition coefficient (Wildman–Crippen LogP) is 4.40. The van der Waals surface area contributed by atoms with Crippen molar-refractivity contribution in [2.45, 2.75) is 20.4 Å². The SMILES string of the molecule is CCOC(=O)N1CCN(Cc2c(O)ccc3c(C)c(-c4ccc(Cl)cc4)c(=O)oc23)CC1. The van der Waals surface area contributed by atoms with Gasteiger partial charge in [0.1, 0.15) is 11.3 Å². The Morgan fingerprint density at radius 2 is 1.81 bits per heavy atom. The normalized spacial score (nSPS) is 14.7. The lowest BCUT2D eigenvalue weighted by Crippen LogP contribution is -2.48. The molecular formula is C24H25ClN2O5. The lowest BCUT2D eigenvalue weighted by Gasteiger charge is -2.34. The van der Waals surface area contributed by atoms with Gasteiger partial charge < -0.3 is 19.2 Å². The van der Waals surface area contributed by atoms with Gasteiger partial charge in [0.2, 0.25) is 0 Å². The zero-order valence-electron chi connectivity index (χ0n) is 18.1. The smallest absolute Gasteiger partial charge is 0.409 e. The number of aromatic hydroxyl groups is 1. The Bertz CT molecular complexity index is 1200. The lowest BCUT2D eigenvalue weighted by molar-refractivity contribution is 0.0776. The molecule has 2 aromatic carbocycles. The molecule has 1 fully saturated rings. The third-order valence-corrected chi connectivity index (χ3v) is 6.08.